The normalized spacial score (nSPS) is 16.3. The topological polar surface area (TPSA) is 66.5 Å². The number of imide groups is 1. The Morgan fingerprint density at radius 3 is 2.47 bits per heavy atom. The highest BCUT2D eigenvalue weighted by atomic mass is 16.2. The number of carbonyl (C=O) groups excluding carboxylic acids is 3. The van der Waals surface area contributed by atoms with Gasteiger partial charge in [0.2, 0.25) is 11.8 Å². The van der Waals surface area contributed by atoms with E-state index in [4.69, 9.17) is 0 Å². The lowest BCUT2D eigenvalue weighted by Crippen LogP contribution is -2.52. The number of amides is 2. The molecule has 0 spiro atoms. The molecule has 1 aliphatic rings. The van der Waals surface area contributed by atoms with E-state index in [2.05, 4.69) is 5.32 Å². The maximum Gasteiger partial charge on any atom is 0.240 e. The molecule has 0 saturated carbocycles. The molecule has 1 saturated heterocycles. The number of benzene rings is 1. The smallest absolute Gasteiger partial charge is 0.240 e. The van der Waals surface area contributed by atoms with E-state index in [0.29, 0.717) is 5.56 Å². The molecule has 0 atom stereocenters. The van der Waals surface area contributed by atoms with Crippen molar-refractivity contribution in [2.24, 2.45) is 0 Å². The van der Waals surface area contributed by atoms with Crippen LogP contribution in [0.3, 0.4) is 0 Å². The van der Waals surface area contributed by atoms with Crippen LogP contribution in [-0.4, -0.2) is 42.1 Å². The van der Waals surface area contributed by atoms with Crippen molar-refractivity contribution in [1.82, 2.24) is 10.2 Å². The summed E-state index contributed by atoms with van der Waals surface area (Å²) in [6.45, 7) is 4.06. The number of carbonyl (C=O) groups is 3. The van der Waals surface area contributed by atoms with Crippen LogP contribution in [0.25, 0.3) is 0 Å². The van der Waals surface area contributed by atoms with Gasteiger partial charge in [-0.05, 0) is 25.5 Å². The fourth-order valence-electron chi connectivity index (χ4n) is 2.13. The number of nitrogens with one attached hydrogen (secondary N) is 1. The summed E-state index contributed by atoms with van der Waals surface area (Å²) in [5, 5.41) is 2.21. The van der Waals surface area contributed by atoms with Crippen LogP contribution in [0.5, 0.6) is 0 Å². The molecule has 0 aliphatic carbocycles. The molecule has 19 heavy (non-hydrogen) atoms. The first-order valence-electron chi connectivity index (χ1n) is 6.11. The molecule has 0 radical (unpaired) electrons. The number of hydrogen-bond acceptors (Lipinski definition) is 4. The van der Waals surface area contributed by atoms with Crippen molar-refractivity contribution in [3.05, 3.63) is 34.9 Å². The summed E-state index contributed by atoms with van der Waals surface area (Å²) >= 11 is 0. The summed E-state index contributed by atoms with van der Waals surface area (Å²) in [4.78, 5) is 36.3. The van der Waals surface area contributed by atoms with E-state index in [-0.39, 0.29) is 37.2 Å². The number of rotatable bonds is 3. The van der Waals surface area contributed by atoms with E-state index in [9.17, 15) is 14.4 Å². The predicted molar refractivity (Wildman–Crippen MR) is 69.8 cm³/mol. The van der Waals surface area contributed by atoms with E-state index in [0.717, 1.165) is 11.1 Å². The second kappa shape index (κ2) is 5.32. The first-order valence-corrected chi connectivity index (χ1v) is 6.11. The van der Waals surface area contributed by atoms with Crippen LogP contribution in [0, 0.1) is 13.8 Å². The van der Waals surface area contributed by atoms with Crippen LogP contribution >= 0.6 is 0 Å². The summed E-state index contributed by atoms with van der Waals surface area (Å²) in [7, 11) is 0. The van der Waals surface area contributed by atoms with Crippen LogP contribution in [0.2, 0.25) is 0 Å². The van der Waals surface area contributed by atoms with Crippen molar-refractivity contribution in [1.29, 1.82) is 0 Å². The molecular formula is C14H16N2O3. The third-order valence-electron chi connectivity index (χ3n) is 3.07. The number of piperazine rings is 1. The minimum atomic E-state index is -0.356. The van der Waals surface area contributed by atoms with Crippen LogP contribution in [0.15, 0.2) is 18.2 Å². The molecule has 5 heteroatoms. The lowest BCUT2D eigenvalue weighted by atomic mass is 10.0. The maximum atomic E-state index is 12.2. The van der Waals surface area contributed by atoms with Gasteiger partial charge in [0.25, 0.3) is 0 Å². The first-order chi connectivity index (χ1) is 8.95. The minimum Gasteiger partial charge on any atom is -0.294 e. The van der Waals surface area contributed by atoms with Gasteiger partial charge in [-0.25, -0.2) is 0 Å². The van der Waals surface area contributed by atoms with Gasteiger partial charge in [0, 0.05) is 5.56 Å². The van der Waals surface area contributed by atoms with Crippen molar-refractivity contribution >= 4 is 17.6 Å². The summed E-state index contributed by atoms with van der Waals surface area (Å²) < 4.78 is 0. The molecule has 2 rings (SSSR count). The molecule has 5 nitrogen and oxygen atoms in total. The standard InChI is InChI=1S/C14H16N2O3/c1-9-3-4-10(2)11(5-9)12(17)6-16-7-13(18)15-14(19)8-16/h3-5H,6-8H2,1-2H3,(H,15,18,19). The highest BCUT2D eigenvalue weighted by Gasteiger charge is 2.24. The average Bonchev–Trinajstić information content (AvgIpc) is 2.30. The molecule has 1 aliphatic heterocycles. The molecule has 2 amide bonds. The van der Waals surface area contributed by atoms with E-state index in [1.165, 1.54) is 0 Å². The van der Waals surface area contributed by atoms with Crippen molar-refractivity contribution in [2.75, 3.05) is 19.6 Å². The van der Waals surface area contributed by atoms with E-state index < -0.39 is 0 Å². The van der Waals surface area contributed by atoms with Crippen molar-refractivity contribution < 1.29 is 14.4 Å². The Labute approximate surface area is 111 Å². The zero-order valence-electron chi connectivity index (χ0n) is 11.0. The van der Waals surface area contributed by atoms with Crippen LogP contribution in [0.4, 0.5) is 0 Å². The van der Waals surface area contributed by atoms with Gasteiger partial charge in [-0.2, -0.15) is 0 Å². The minimum absolute atomic E-state index is 0.0660. The molecule has 1 heterocycles. The highest BCUT2D eigenvalue weighted by Crippen LogP contribution is 2.12. The number of ketones is 1. The Balaban J connectivity index is 2.10. The second-order valence-corrected chi connectivity index (χ2v) is 4.86. The monoisotopic (exact) mass is 260 g/mol. The maximum absolute atomic E-state index is 12.2. The molecule has 1 aromatic rings. The van der Waals surface area contributed by atoms with E-state index in [1.807, 2.05) is 32.0 Å². The average molecular weight is 260 g/mol. The quantitative estimate of drug-likeness (QED) is 0.633. The zero-order valence-corrected chi connectivity index (χ0v) is 11.0. The lowest BCUT2D eigenvalue weighted by molar-refractivity contribution is -0.135. The third kappa shape index (κ3) is 3.26. The Hall–Kier alpha value is -2.01. The molecule has 1 aromatic carbocycles. The van der Waals surface area contributed by atoms with Crippen LogP contribution in [0.1, 0.15) is 21.5 Å². The molecule has 100 valence electrons. The van der Waals surface area contributed by atoms with Gasteiger partial charge in [0.1, 0.15) is 0 Å². The van der Waals surface area contributed by atoms with E-state index in [1.54, 1.807) is 4.90 Å². The first kappa shape index (κ1) is 13.4. The van der Waals surface area contributed by atoms with Crippen molar-refractivity contribution in [3.8, 4) is 0 Å². The van der Waals surface area contributed by atoms with Gasteiger partial charge in [-0.15, -0.1) is 0 Å². The molecule has 0 bridgehead atoms. The van der Waals surface area contributed by atoms with Crippen LogP contribution in [-0.2, 0) is 9.59 Å². The number of Topliss-reactive ketones (excluding diaryl/α,β-unsaturated/α-hetero) is 1. The fraction of sp³-hybridized carbons (Fsp3) is 0.357. The number of nitrogens with zero attached hydrogens (tertiary/aromatic N) is 1. The summed E-state index contributed by atoms with van der Waals surface area (Å²) in [5.74, 6) is -0.779. The molecule has 1 N–H and O–H groups in total. The van der Waals surface area contributed by atoms with Gasteiger partial charge < -0.3 is 0 Å². The Morgan fingerprint density at radius 2 is 1.84 bits per heavy atom. The SMILES string of the molecule is Cc1ccc(C)c(C(=O)CN2CC(=O)NC(=O)C2)c1. The fourth-order valence-corrected chi connectivity index (χ4v) is 2.13. The number of hydrogen-bond donors (Lipinski definition) is 1. The zero-order chi connectivity index (χ0) is 14.0. The van der Waals surface area contributed by atoms with Gasteiger partial charge in [-0.1, -0.05) is 17.7 Å². The second-order valence-electron chi connectivity index (χ2n) is 4.86. The van der Waals surface area contributed by atoms with Crippen molar-refractivity contribution in [3.63, 3.8) is 0 Å². The largest absolute Gasteiger partial charge is 0.294 e. The third-order valence-corrected chi connectivity index (χ3v) is 3.07. The lowest BCUT2D eigenvalue weighted by Gasteiger charge is -2.24. The Kier molecular flexibility index (Phi) is 3.76. The Morgan fingerprint density at radius 1 is 1.21 bits per heavy atom. The number of aryl methyl sites for hydroxylation is 2. The van der Waals surface area contributed by atoms with Gasteiger partial charge >= 0.3 is 0 Å². The molecule has 0 aromatic heterocycles. The Bertz CT molecular complexity index is 536. The molecule has 0 unspecified atom stereocenters. The van der Waals surface area contributed by atoms with Crippen LogP contribution < -0.4 is 5.32 Å². The van der Waals surface area contributed by atoms with Gasteiger partial charge in [0.05, 0.1) is 19.6 Å². The predicted octanol–water partition coefficient (Wildman–Crippen LogP) is 0.445. The highest BCUT2D eigenvalue weighted by molar-refractivity contribution is 6.02. The summed E-state index contributed by atoms with van der Waals surface area (Å²) in [5.41, 5.74) is 2.57. The van der Waals surface area contributed by atoms with Gasteiger partial charge in [-0.3, -0.25) is 24.6 Å². The van der Waals surface area contributed by atoms with E-state index >= 15 is 0 Å². The molecular weight excluding hydrogens is 244 g/mol. The summed E-state index contributed by atoms with van der Waals surface area (Å²) in [6, 6.07) is 5.68. The van der Waals surface area contributed by atoms with Crippen molar-refractivity contribution in [2.45, 2.75) is 13.8 Å². The van der Waals surface area contributed by atoms with Gasteiger partial charge in [0.15, 0.2) is 5.78 Å². The summed E-state index contributed by atoms with van der Waals surface area (Å²) in [6.07, 6.45) is 0. The molecule has 1 fully saturated rings.